The van der Waals surface area contributed by atoms with E-state index in [2.05, 4.69) is 26.1 Å². The Bertz CT molecular complexity index is 1130. The lowest BCUT2D eigenvalue weighted by atomic mass is 9.71. The molecule has 3 rings (SSSR count). The second kappa shape index (κ2) is 12.5. The molecule has 38 heavy (non-hydrogen) atoms. The average molecular weight is 526 g/mol. The van der Waals surface area contributed by atoms with Gasteiger partial charge in [-0.3, -0.25) is 19.7 Å². The zero-order valence-corrected chi connectivity index (χ0v) is 22.0. The van der Waals surface area contributed by atoms with E-state index in [1.807, 2.05) is 0 Å². The number of ether oxygens (including phenoxy) is 1. The van der Waals surface area contributed by atoms with E-state index in [9.17, 15) is 24.5 Å². The highest BCUT2D eigenvalue weighted by Gasteiger charge is 2.34. The second-order valence-corrected chi connectivity index (χ2v) is 10.7. The Morgan fingerprint density at radius 1 is 1.03 bits per heavy atom. The lowest BCUT2D eigenvalue weighted by Gasteiger charge is -2.40. The van der Waals surface area contributed by atoms with Crippen LogP contribution in [0.4, 0.5) is 10.5 Å². The Kier molecular flexibility index (Phi) is 9.44. The van der Waals surface area contributed by atoms with Crippen LogP contribution in [0.1, 0.15) is 68.8 Å². The van der Waals surface area contributed by atoms with Gasteiger partial charge in [0.1, 0.15) is 5.75 Å². The van der Waals surface area contributed by atoms with E-state index in [-0.39, 0.29) is 48.3 Å². The van der Waals surface area contributed by atoms with Gasteiger partial charge in [0.05, 0.1) is 11.3 Å². The van der Waals surface area contributed by atoms with Gasteiger partial charge in [0.2, 0.25) is 0 Å². The summed E-state index contributed by atoms with van der Waals surface area (Å²) in [4.78, 5) is 48.4. The maximum atomic E-state index is 13.3. The summed E-state index contributed by atoms with van der Waals surface area (Å²) in [5.41, 5.74) is 1.31. The van der Waals surface area contributed by atoms with Gasteiger partial charge < -0.3 is 20.1 Å². The zero-order chi connectivity index (χ0) is 27.9. The van der Waals surface area contributed by atoms with Crippen molar-refractivity contribution in [3.8, 4) is 5.75 Å². The highest BCUT2D eigenvalue weighted by atomic mass is 16.6. The van der Waals surface area contributed by atoms with Gasteiger partial charge in [0.15, 0.2) is 0 Å². The lowest BCUT2D eigenvalue weighted by molar-refractivity contribution is -0.384. The Balaban J connectivity index is 1.73. The van der Waals surface area contributed by atoms with E-state index in [4.69, 9.17) is 9.84 Å². The monoisotopic (exact) mass is 525 g/mol. The molecule has 0 aromatic heterocycles. The van der Waals surface area contributed by atoms with Crippen LogP contribution in [0.3, 0.4) is 0 Å². The number of hydrogen-bond donors (Lipinski definition) is 2. The van der Waals surface area contributed by atoms with E-state index >= 15 is 0 Å². The van der Waals surface area contributed by atoms with Crippen LogP contribution in [0, 0.1) is 21.4 Å². The summed E-state index contributed by atoms with van der Waals surface area (Å²) in [6.45, 7) is 7.01. The predicted octanol–water partition coefficient (Wildman–Crippen LogP) is 5.41. The zero-order valence-electron chi connectivity index (χ0n) is 22.0. The van der Waals surface area contributed by atoms with Gasteiger partial charge >= 0.3 is 12.1 Å². The van der Waals surface area contributed by atoms with Crippen LogP contribution in [-0.2, 0) is 11.3 Å². The van der Waals surface area contributed by atoms with E-state index in [0.717, 1.165) is 31.2 Å². The molecule has 10 nitrogen and oxygen atoms in total. The molecule has 1 aliphatic rings. The van der Waals surface area contributed by atoms with E-state index in [0.29, 0.717) is 11.5 Å². The summed E-state index contributed by atoms with van der Waals surface area (Å²) in [5.74, 6) is -0.571. The van der Waals surface area contributed by atoms with Crippen molar-refractivity contribution in [1.82, 2.24) is 10.2 Å². The number of carbonyl (C=O) groups is 3. The molecule has 2 aromatic rings. The minimum atomic E-state index is -0.988. The fraction of sp³-hybridized carbons (Fsp3) is 0.464. The van der Waals surface area contributed by atoms with Crippen molar-refractivity contribution in [2.45, 2.75) is 65.5 Å². The molecule has 0 bridgehead atoms. The minimum Gasteiger partial charge on any atom is -0.481 e. The summed E-state index contributed by atoms with van der Waals surface area (Å²) >= 11 is 0. The summed E-state index contributed by atoms with van der Waals surface area (Å²) < 4.78 is 5.61. The van der Waals surface area contributed by atoms with Crippen molar-refractivity contribution in [3.63, 3.8) is 0 Å². The summed E-state index contributed by atoms with van der Waals surface area (Å²) in [7, 11) is 0. The maximum Gasteiger partial charge on any atom is 0.415 e. The molecule has 0 unspecified atom stereocenters. The number of carboxylic acids is 1. The molecule has 0 spiro atoms. The van der Waals surface area contributed by atoms with Crippen molar-refractivity contribution in [3.05, 3.63) is 69.8 Å². The SMILES string of the molecule is CC(C)(C)C1CCC(N(Cc2ccc(C(=O)NCCC(=O)O)cc2)C(=O)Oc2ccc([N+](=O)[O-])cc2)CC1. The van der Waals surface area contributed by atoms with Crippen molar-refractivity contribution >= 4 is 23.7 Å². The van der Waals surface area contributed by atoms with Gasteiger partial charge in [0.25, 0.3) is 11.6 Å². The molecule has 1 fully saturated rings. The first-order valence-corrected chi connectivity index (χ1v) is 12.8. The Hall–Kier alpha value is -3.95. The summed E-state index contributed by atoms with van der Waals surface area (Å²) in [6.07, 6.45) is 2.96. The van der Waals surface area contributed by atoms with Gasteiger partial charge in [-0.15, -0.1) is 0 Å². The minimum absolute atomic E-state index is 0.0295. The van der Waals surface area contributed by atoms with Crippen LogP contribution < -0.4 is 10.1 Å². The molecule has 1 aliphatic carbocycles. The second-order valence-electron chi connectivity index (χ2n) is 10.7. The van der Waals surface area contributed by atoms with Crippen molar-refractivity contribution in [2.24, 2.45) is 11.3 Å². The predicted molar refractivity (Wildman–Crippen MR) is 141 cm³/mol. The molecular weight excluding hydrogens is 490 g/mol. The Morgan fingerprint density at radius 2 is 1.63 bits per heavy atom. The third-order valence-electron chi connectivity index (χ3n) is 7.04. The number of carbonyl (C=O) groups excluding carboxylic acids is 2. The third kappa shape index (κ3) is 8.03. The topological polar surface area (TPSA) is 139 Å². The average Bonchev–Trinajstić information content (AvgIpc) is 2.87. The number of benzene rings is 2. The lowest BCUT2D eigenvalue weighted by Crippen LogP contribution is -2.44. The van der Waals surface area contributed by atoms with Crippen LogP contribution in [0.25, 0.3) is 0 Å². The number of nitro benzene ring substituents is 1. The first-order chi connectivity index (χ1) is 17.9. The fourth-order valence-electron chi connectivity index (χ4n) is 4.73. The number of nitrogens with zero attached hydrogens (tertiary/aromatic N) is 2. The van der Waals surface area contributed by atoms with Crippen LogP contribution >= 0.6 is 0 Å². The first kappa shape index (κ1) is 28.6. The van der Waals surface area contributed by atoms with E-state index in [1.54, 1.807) is 29.2 Å². The summed E-state index contributed by atoms with van der Waals surface area (Å²) in [5, 5.41) is 22.2. The molecule has 0 atom stereocenters. The van der Waals surface area contributed by atoms with Crippen LogP contribution in [-0.4, -0.2) is 45.5 Å². The highest BCUT2D eigenvalue weighted by molar-refractivity contribution is 5.94. The van der Waals surface area contributed by atoms with Crippen molar-refractivity contribution in [1.29, 1.82) is 0 Å². The number of nitro groups is 1. The fourth-order valence-corrected chi connectivity index (χ4v) is 4.73. The number of aliphatic carboxylic acids is 1. The number of rotatable bonds is 9. The molecule has 0 radical (unpaired) electrons. The standard InChI is InChI=1S/C28H35N3O7/c1-28(2,3)21-8-10-22(11-9-21)30(27(35)38-24-14-12-23(13-15-24)31(36)37)18-19-4-6-20(7-5-19)26(34)29-17-16-25(32)33/h4-7,12-15,21-22H,8-11,16-18H2,1-3H3,(H,29,34)(H,32,33). The first-order valence-electron chi connectivity index (χ1n) is 12.8. The smallest absolute Gasteiger partial charge is 0.415 e. The van der Waals surface area contributed by atoms with Crippen LogP contribution in [0.5, 0.6) is 5.75 Å². The molecule has 0 saturated heterocycles. The van der Waals surface area contributed by atoms with Gasteiger partial charge in [-0.2, -0.15) is 0 Å². The molecule has 2 amide bonds. The molecule has 0 aliphatic heterocycles. The Morgan fingerprint density at radius 3 is 2.16 bits per heavy atom. The normalized spacial score (nSPS) is 17.3. The number of carboxylic acid groups (broad SMARTS) is 1. The molecule has 2 N–H and O–H groups in total. The molecule has 2 aromatic carbocycles. The number of non-ortho nitro benzene ring substituents is 1. The summed E-state index contributed by atoms with van der Waals surface area (Å²) in [6, 6.07) is 12.2. The molecule has 204 valence electrons. The van der Waals surface area contributed by atoms with E-state index < -0.39 is 17.0 Å². The van der Waals surface area contributed by atoms with Crippen molar-refractivity contribution < 1.29 is 29.2 Å². The molecule has 1 saturated carbocycles. The Labute approximate surface area is 222 Å². The van der Waals surface area contributed by atoms with E-state index in [1.165, 1.54) is 24.3 Å². The molecule has 10 heteroatoms. The molecule has 0 heterocycles. The number of hydrogen-bond acceptors (Lipinski definition) is 6. The van der Waals surface area contributed by atoms with Crippen LogP contribution in [0.15, 0.2) is 48.5 Å². The number of nitrogens with one attached hydrogen (secondary N) is 1. The van der Waals surface area contributed by atoms with Gasteiger partial charge in [0, 0.05) is 36.8 Å². The van der Waals surface area contributed by atoms with Crippen LogP contribution in [0.2, 0.25) is 0 Å². The van der Waals surface area contributed by atoms with Gasteiger partial charge in [-0.25, -0.2) is 4.79 Å². The third-order valence-corrected chi connectivity index (χ3v) is 7.04. The van der Waals surface area contributed by atoms with Gasteiger partial charge in [-0.05, 0) is 66.8 Å². The quantitative estimate of drug-likeness (QED) is 0.330. The molecular formula is C28H35N3O7. The number of amides is 2. The highest BCUT2D eigenvalue weighted by Crippen LogP contribution is 2.39. The largest absolute Gasteiger partial charge is 0.481 e. The van der Waals surface area contributed by atoms with Crippen molar-refractivity contribution in [2.75, 3.05) is 6.54 Å². The maximum absolute atomic E-state index is 13.3. The van der Waals surface area contributed by atoms with Gasteiger partial charge in [-0.1, -0.05) is 32.9 Å².